The number of aryl methyl sites for hydroxylation is 2. The second-order valence-electron chi connectivity index (χ2n) is 3.60. The molecule has 2 rings (SSSR count). The Morgan fingerprint density at radius 3 is 2.94 bits per heavy atom. The van der Waals surface area contributed by atoms with Crippen LogP contribution in [0.5, 0.6) is 10.9 Å². The van der Waals surface area contributed by atoms with E-state index in [1.807, 2.05) is 30.5 Å². The maximum atomic E-state index is 5.83. The average molecular weight is 234 g/mol. The second-order valence-corrected chi connectivity index (χ2v) is 4.42. The van der Waals surface area contributed by atoms with Gasteiger partial charge in [0.05, 0.1) is 11.4 Å². The van der Waals surface area contributed by atoms with Gasteiger partial charge in [-0.25, -0.2) is 4.98 Å². The van der Waals surface area contributed by atoms with Crippen molar-refractivity contribution >= 4 is 17.0 Å². The molecule has 0 saturated carbocycles. The van der Waals surface area contributed by atoms with Crippen molar-refractivity contribution in [3.05, 3.63) is 34.8 Å². The summed E-state index contributed by atoms with van der Waals surface area (Å²) in [6.07, 6.45) is 0.920. The van der Waals surface area contributed by atoms with Gasteiger partial charge in [-0.3, -0.25) is 0 Å². The Kier molecular flexibility index (Phi) is 3.10. The molecular formula is C12H14N2OS. The summed E-state index contributed by atoms with van der Waals surface area (Å²) >= 11 is 1.49. The zero-order chi connectivity index (χ0) is 11.5. The molecule has 0 bridgehead atoms. The Hall–Kier alpha value is -1.55. The van der Waals surface area contributed by atoms with Crippen molar-refractivity contribution in [2.45, 2.75) is 20.3 Å². The standard InChI is InChI=1S/C12H14N2OS/c1-3-9-7-16-12(14-9)15-11-6-8(2)4-5-10(11)13/h4-7H,3,13H2,1-2H3. The predicted molar refractivity (Wildman–Crippen MR) is 67.2 cm³/mol. The van der Waals surface area contributed by atoms with Crippen LogP contribution < -0.4 is 10.5 Å². The Morgan fingerprint density at radius 2 is 2.25 bits per heavy atom. The highest BCUT2D eigenvalue weighted by Gasteiger charge is 2.06. The lowest BCUT2D eigenvalue weighted by Gasteiger charge is -2.05. The molecule has 0 amide bonds. The molecule has 16 heavy (non-hydrogen) atoms. The SMILES string of the molecule is CCc1csc(Oc2cc(C)ccc2N)n1. The fourth-order valence-corrected chi connectivity index (χ4v) is 2.09. The number of nitrogens with zero attached hydrogens (tertiary/aromatic N) is 1. The molecule has 0 unspecified atom stereocenters. The van der Waals surface area contributed by atoms with Gasteiger partial charge >= 0.3 is 0 Å². The second kappa shape index (κ2) is 4.53. The summed E-state index contributed by atoms with van der Waals surface area (Å²) in [5.74, 6) is 0.678. The molecule has 0 aliphatic rings. The summed E-state index contributed by atoms with van der Waals surface area (Å²) in [6, 6.07) is 5.73. The van der Waals surface area contributed by atoms with Gasteiger partial charge in [-0.1, -0.05) is 24.3 Å². The molecule has 0 aliphatic heterocycles. The number of hydrogen-bond donors (Lipinski definition) is 1. The lowest BCUT2D eigenvalue weighted by atomic mass is 10.2. The van der Waals surface area contributed by atoms with Crippen LogP contribution in [0.3, 0.4) is 0 Å². The van der Waals surface area contributed by atoms with E-state index in [0.717, 1.165) is 17.7 Å². The van der Waals surface area contributed by atoms with Gasteiger partial charge in [0.2, 0.25) is 0 Å². The molecule has 0 aliphatic carbocycles. The Labute approximate surface area is 98.9 Å². The summed E-state index contributed by atoms with van der Waals surface area (Å²) < 4.78 is 5.65. The largest absolute Gasteiger partial charge is 0.429 e. The molecule has 3 nitrogen and oxygen atoms in total. The van der Waals surface area contributed by atoms with Crippen LogP contribution in [0.4, 0.5) is 5.69 Å². The third-order valence-electron chi connectivity index (χ3n) is 2.26. The van der Waals surface area contributed by atoms with Crippen LogP contribution in [0.1, 0.15) is 18.2 Å². The maximum Gasteiger partial charge on any atom is 0.278 e. The number of ether oxygens (including phenoxy) is 1. The van der Waals surface area contributed by atoms with Crippen molar-refractivity contribution < 1.29 is 4.74 Å². The van der Waals surface area contributed by atoms with Crippen molar-refractivity contribution in [3.8, 4) is 10.9 Å². The van der Waals surface area contributed by atoms with Crippen LogP contribution in [-0.4, -0.2) is 4.98 Å². The topological polar surface area (TPSA) is 48.1 Å². The van der Waals surface area contributed by atoms with E-state index in [1.54, 1.807) is 0 Å². The molecule has 0 radical (unpaired) electrons. The van der Waals surface area contributed by atoms with Crippen molar-refractivity contribution in [2.24, 2.45) is 0 Å². The predicted octanol–water partition coefficient (Wildman–Crippen LogP) is 3.39. The highest BCUT2D eigenvalue weighted by Crippen LogP contribution is 2.30. The van der Waals surface area contributed by atoms with E-state index in [9.17, 15) is 0 Å². The highest BCUT2D eigenvalue weighted by atomic mass is 32.1. The van der Waals surface area contributed by atoms with Gasteiger partial charge in [-0.2, -0.15) is 0 Å². The number of benzene rings is 1. The first kappa shape index (κ1) is 11.0. The first-order valence-corrected chi connectivity index (χ1v) is 6.05. The number of aromatic nitrogens is 1. The minimum atomic E-state index is 0.638. The molecule has 0 fully saturated rings. The van der Waals surface area contributed by atoms with Crippen LogP contribution >= 0.6 is 11.3 Å². The number of nitrogens with two attached hydrogens (primary N) is 1. The molecule has 0 atom stereocenters. The third-order valence-corrected chi connectivity index (χ3v) is 3.03. The smallest absolute Gasteiger partial charge is 0.278 e. The lowest BCUT2D eigenvalue weighted by Crippen LogP contribution is -1.92. The minimum absolute atomic E-state index is 0.638. The average Bonchev–Trinajstić information content (AvgIpc) is 2.71. The van der Waals surface area contributed by atoms with E-state index in [-0.39, 0.29) is 0 Å². The van der Waals surface area contributed by atoms with E-state index in [4.69, 9.17) is 10.5 Å². The first-order chi connectivity index (χ1) is 7.69. The molecule has 0 saturated heterocycles. The molecular weight excluding hydrogens is 220 g/mol. The highest BCUT2D eigenvalue weighted by molar-refractivity contribution is 7.11. The molecule has 1 aromatic heterocycles. The minimum Gasteiger partial charge on any atom is -0.429 e. The fourth-order valence-electron chi connectivity index (χ4n) is 1.32. The summed E-state index contributed by atoms with van der Waals surface area (Å²) in [4.78, 5) is 4.34. The molecule has 1 heterocycles. The summed E-state index contributed by atoms with van der Waals surface area (Å²) in [7, 11) is 0. The Morgan fingerprint density at radius 1 is 1.44 bits per heavy atom. The van der Waals surface area contributed by atoms with Gasteiger partial charge in [-0.05, 0) is 31.0 Å². The van der Waals surface area contributed by atoms with Crippen LogP contribution in [0.2, 0.25) is 0 Å². The Balaban J connectivity index is 2.22. The van der Waals surface area contributed by atoms with Gasteiger partial charge < -0.3 is 10.5 Å². The number of hydrogen-bond acceptors (Lipinski definition) is 4. The number of rotatable bonds is 3. The molecule has 0 spiro atoms. The van der Waals surface area contributed by atoms with Crippen molar-refractivity contribution in [2.75, 3.05) is 5.73 Å². The fraction of sp³-hybridized carbons (Fsp3) is 0.250. The lowest BCUT2D eigenvalue weighted by molar-refractivity contribution is 0.479. The molecule has 1 aromatic carbocycles. The van der Waals surface area contributed by atoms with Gasteiger partial charge in [0, 0.05) is 5.38 Å². The normalized spacial score (nSPS) is 10.4. The molecule has 84 valence electrons. The number of anilines is 1. The summed E-state index contributed by atoms with van der Waals surface area (Å²) in [5.41, 5.74) is 8.64. The molecule has 4 heteroatoms. The van der Waals surface area contributed by atoms with Crippen LogP contribution in [0.25, 0.3) is 0 Å². The van der Waals surface area contributed by atoms with E-state index in [1.165, 1.54) is 11.3 Å². The summed E-state index contributed by atoms with van der Waals surface area (Å²) in [5, 5.41) is 2.65. The van der Waals surface area contributed by atoms with E-state index in [2.05, 4.69) is 11.9 Å². The van der Waals surface area contributed by atoms with Crippen molar-refractivity contribution in [1.29, 1.82) is 0 Å². The van der Waals surface area contributed by atoms with Crippen molar-refractivity contribution in [3.63, 3.8) is 0 Å². The Bertz CT molecular complexity index is 494. The van der Waals surface area contributed by atoms with E-state index < -0.39 is 0 Å². The maximum absolute atomic E-state index is 5.83. The monoisotopic (exact) mass is 234 g/mol. The van der Waals surface area contributed by atoms with E-state index >= 15 is 0 Å². The van der Waals surface area contributed by atoms with Gasteiger partial charge in [0.25, 0.3) is 5.19 Å². The van der Waals surface area contributed by atoms with Crippen molar-refractivity contribution in [1.82, 2.24) is 4.98 Å². The first-order valence-electron chi connectivity index (χ1n) is 5.17. The van der Waals surface area contributed by atoms with E-state index in [0.29, 0.717) is 16.6 Å². The number of thiazole rings is 1. The van der Waals surface area contributed by atoms with Crippen LogP contribution in [-0.2, 0) is 6.42 Å². The van der Waals surface area contributed by atoms with Gasteiger partial charge in [0.1, 0.15) is 0 Å². The quantitative estimate of drug-likeness (QED) is 0.828. The molecule has 2 aromatic rings. The molecule has 2 N–H and O–H groups in total. The zero-order valence-electron chi connectivity index (χ0n) is 9.36. The van der Waals surface area contributed by atoms with Crippen LogP contribution in [0.15, 0.2) is 23.6 Å². The van der Waals surface area contributed by atoms with Crippen LogP contribution in [0, 0.1) is 6.92 Å². The zero-order valence-corrected chi connectivity index (χ0v) is 10.2. The van der Waals surface area contributed by atoms with Gasteiger partial charge in [-0.15, -0.1) is 0 Å². The van der Waals surface area contributed by atoms with Gasteiger partial charge in [0.15, 0.2) is 5.75 Å². The number of nitrogen functional groups attached to an aromatic ring is 1. The third kappa shape index (κ3) is 2.33. The summed E-state index contributed by atoms with van der Waals surface area (Å²) in [6.45, 7) is 4.07.